The summed E-state index contributed by atoms with van der Waals surface area (Å²) in [6, 6.07) is 37.3. The minimum atomic E-state index is -0.733. The van der Waals surface area contributed by atoms with Gasteiger partial charge in [-0.1, -0.05) is 199 Å². The van der Waals surface area contributed by atoms with E-state index in [0.29, 0.717) is 5.86 Å². The molecular formula is C102H130Cl3I3N12O5+4. The van der Waals surface area contributed by atoms with E-state index in [2.05, 4.69) is 333 Å². The standard InChI is InChI=1S/C43H52ClN5O2.C20H20ClN3.C19H24N2.C16H22N2O2.C2H3I3.C2H6O.ClH/c1-7-8-11-24-48-26-13-15-32-35(48)21-20-33-40(32)45-36(42(33,2)3)22-18-30-28-47(6)29-31(39(30)44)19-23-37-43(4,5)34-16-14-27-49(41(34)46-37)25-12-9-10-17-38(50)51;1-24-14-16(12-22-18-8-4-2-5-9-18)20(21)17(15-24)13-23-19-10-6-3-7-11-19;1-5-6-7-12-21-13-8-9-15-17(21)11-10-16-18(15)20-14(2)19(16,3)4;1-12-16(2,3)13-8-7-11-18(15(13)17-12)10-6-4-5-9-14(19)20;1-2(3,4)5;1-2-3;/h13-16,18-23,26-27H,7-12,17,24-25,28-29H2,1-6H3;2-13,22H,14-15H2,1H3;8-11,13H,2,5-7,12H2,1,3-4H3;7-8,11H,4-6,9-10H2,1-3H3;1H3;3H,2H2,1H3;1H/q;;+2;;;;/p+2/b;16-12+,23-13?;;;;;. The fraction of sp³-hybridized carbons (Fsp3) is 0.422. The van der Waals surface area contributed by atoms with E-state index in [-0.39, 0.29) is 53.5 Å². The van der Waals surface area contributed by atoms with Crippen LogP contribution in [0.3, 0.4) is 0 Å². The van der Waals surface area contributed by atoms with E-state index < -0.39 is 11.9 Å². The Morgan fingerprint density at radius 3 is 1.78 bits per heavy atom. The fourth-order valence-corrected chi connectivity index (χ4v) is 16.3. The number of hydrogen-bond acceptors (Lipinski definition) is 12. The minimum absolute atomic E-state index is 0. The summed E-state index contributed by atoms with van der Waals surface area (Å²) in [7, 11) is 4.21. The lowest BCUT2D eigenvalue weighted by Crippen LogP contribution is -2.40. The maximum Gasteiger partial charge on any atom is 0.327 e. The summed E-state index contributed by atoms with van der Waals surface area (Å²) in [5, 5.41) is 32.3. The SMILES string of the molecule is C=C1N=C2C(=C[CH+]c3c2ccc[n+]3CCCCC)C1(C)C.CC(I)(I)I.CC1=Nc2c(ccc[n+]2CCCCCC(=O)O)C1(C)C.CCCCCN1C=CC=c2c1ccc1c2=NC(=CC=C2CN(C)CC(C=CC3=Nc4c(ccc[n+]4CCCCCC(=O)O)C3(C)C)=C2Cl)C1(C)C.CCO.CN1CC(C=Nc2ccccc2)=C(Cl)/C(=C/Nc2ccccc2)C1.Cl. The van der Waals surface area contributed by atoms with Crippen LogP contribution in [0, 0.1) is 11.8 Å². The van der Waals surface area contributed by atoms with Crippen molar-refractivity contribution in [2.75, 3.05) is 63.6 Å². The number of hydrogen-bond donors (Lipinski definition) is 4. The number of aliphatic hydroxyl groups is 1. The highest BCUT2D eigenvalue weighted by Crippen LogP contribution is 2.46. The third-order valence-electron chi connectivity index (χ3n) is 23.4. The number of carboxylic acid groups (broad SMARTS) is 2. The number of nitrogens with zero attached hydrogens (tertiary/aromatic N) is 11. The number of pyridine rings is 3. The van der Waals surface area contributed by atoms with E-state index >= 15 is 0 Å². The van der Waals surface area contributed by atoms with Crippen molar-refractivity contribution in [1.29, 1.82) is 0 Å². The molecule has 0 saturated heterocycles. The Morgan fingerprint density at radius 2 is 1.17 bits per heavy atom. The summed E-state index contributed by atoms with van der Waals surface area (Å²) in [4.78, 5) is 52.6. The molecule has 125 heavy (non-hydrogen) atoms. The zero-order valence-corrected chi connectivity index (χ0v) is 84.6. The predicted octanol–water partition coefficient (Wildman–Crippen LogP) is 22.9. The average molecular weight is 2090 g/mol. The molecule has 23 heteroatoms. The van der Waals surface area contributed by atoms with Crippen LogP contribution in [0.2, 0.25) is 0 Å². The number of allylic oxidation sites excluding steroid dienone is 7. The number of carbonyl (C=O) groups is 2. The first kappa shape index (κ1) is 103. The van der Waals surface area contributed by atoms with Gasteiger partial charge in [0.05, 0.1) is 97.7 Å². The number of anilines is 2. The molecule has 0 unspecified atom stereocenters. The zero-order valence-electron chi connectivity index (χ0n) is 75.8. The van der Waals surface area contributed by atoms with Crippen molar-refractivity contribution >= 4 is 173 Å². The monoisotopic (exact) mass is 2090 g/mol. The van der Waals surface area contributed by atoms with Gasteiger partial charge in [0.15, 0.2) is 29.7 Å². The quantitative estimate of drug-likeness (QED) is 0.00971. The number of aliphatic carboxylic acids is 2. The van der Waals surface area contributed by atoms with Crippen LogP contribution in [0.25, 0.3) is 6.08 Å². The number of rotatable bonds is 27. The highest BCUT2D eigenvalue weighted by molar-refractivity contribution is 14.3. The van der Waals surface area contributed by atoms with Gasteiger partial charge in [-0.3, -0.25) is 29.4 Å². The zero-order chi connectivity index (χ0) is 90.1. The molecule has 0 bridgehead atoms. The van der Waals surface area contributed by atoms with Crippen molar-refractivity contribution < 1.29 is 38.6 Å². The number of likely N-dealkylation sites (N-methyl/N-ethyl adjacent to an activating group) is 2. The predicted molar refractivity (Wildman–Crippen MR) is 549 cm³/mol. The number of benzene rings is 3. The Bertz CT molecular complexity index is 5320. The number of nitrogens with one attached hydrogen (secondary N) is 1. The molecule has 8 aliphatic rings. The number of unbranched alkanes of at least 4 members (excludes halogenated alkanes) is 8. The number of para-hydroxylation sites is 2. The maximum atomic E-state index is 10.9. The second kappa shape index (κ2) is 48.2. The third-order valence-corrected chi connectivity index (χ3v) is 24.4. The van der Waals surface area contributed by atoms with Crippen LogP contribution < -0.4 is 34.5 Å². The lowest BCUT2D eigenvalue weighted by Gasteiger charge is -2.26. The van der Waals surface area contributed by atoms with Crippen molar-refractivity contribution in [3.05, 3.63) is 277 Å². The van der Waals surface area contributed by atoms with Gasteiger partial charge < -0.3 is 25.5 Å². The number of aliphatic imine (C=N–C) groups is 4. The summed E-state index contributed by atoms with van der Waals surface area (Å²) in [5.41, 5.74) is 19.8. The number of aromatic nitrogens is 3. The first-order valence-corrected chi connectivity index (χ1v) is 47.7. The van der Waals surface area contributed by atoms with Crippen LogP contribution in [-0.4, -0.2) is 113 Å². The van der Waals surface area contributed by atoms with Crippen molar-refractivity contribution in [3.63, 3.8) is 0 Å². The molecule has 0 saturated carbocycles. The summed E-state index contributed by atoms with van der Waals surface area (Å²) in [6.45, 7) is 39.5. The third kappa shape index (κ3) is 28.2. The molecule has 6 aromatic rings. The van der Waals surface area contributed by atoms with Crippen LogP contribution >= 0.6 is 103 Å². The Kier molecular flexibility index (Phi) is 39.7. The fourth-order valence-electron chi connectivity index (χ4n) is 15.9. The molecular weight excluding hydrogens is 1960 g/mol. The van der Waals surface area contributed by atoms with Crippen LogP contribution in [0.15, 0.2) is 258 Å². The number of fused-ring (bicyclic) bond motifs is 8. The summed E-state index contributed by atoms with van der Waals surface area (Å²) in [6.07, 6.45) is 42.8. The second-order valence-corrected chi connectivity index (χ2v) is 48.1. The highest BCUT2D eigenvalue weighted by atomic mass is 127. The molecule has 0 spiro atoms. The van der Waals surface area contributed by atoms with Crippen LogP contribution in [0.5, 0.6) is 0 Å². The summed E-state index contributed by atoms with van der Waals surface area (Å²) >= 11 is 20.8. The molecule has 10 heterocycles. The van der Waals surface area contributed by atoms with Crippen molar-refractivity contribution in [3.8, 4) is 0 Å². The lowest BCUT2D eigenvalue weighted by atomic mass is 9.77. The number of halogens is 6. The first-order chi connectivity index (χ1) is 59.0. The van der Waals surface area contributed by atoms with E-state index in [9.17, 15) is 9.59 Å². The molecule has 7 aliphatic heterocycles. The molecule has 4 N–H and O–H groups in total. The van der Waals surface area contributed by atoms with Gasteiger partial charge in [-0.25, -0.2) is 14.1 Å². The highest BCUT2D eigenvalue weighted by Gasteiger charge is 2.48. The van der Waals surface area contributed by atoms with Gasteiger partial charge >= 0.3 is 29.3 Å². The normalized spacial score (nSPS) is 18.0. The smallest absolute Gasteiger partial charge is 0.327 e. The molecule has 3 aromatic carbocycles. The number of alkyl halides is 3. The van der Waals surface area contributed by atoms with Gasteiger partial charge in [0.2, 0.25) is 0 Å². The molecule has 666 valence electrons. The average Bonchev–Trinajstić information content (AvgIpc) is 1.57. The summed E-state index contributed by atoms with van der Waals surface area (Å²) < 4.78 is 7.16. The van der Waals surface area contributed by atoms with Crippen LogP contribution in [0.1, 0.15) is 208 Å². The van der Waals surface area contributed by atoms with E-state index in [0.717, 1.165) is 174 Å². The molecule has 3 aromatic heterocycles. The number of carboxylic acids is 2. The number of aryl methyl sites for hydroxylation is 3. The molecule has 0 fully saturated rings. The molecule has 17 nitrogen and oxygen atoms in total. The van der Waals surface area contributed by atoms with Gasteiger partial charge in [0, 0.05) is 122 Å². The van der Waals surface area contributed by atoms with Gasteiger partial charge in [-0.05, 0) is 233 Å². The molecule has 0 amide bonds. The maximum absolute atomic E-state index is 10.9. The van der Waals surface area contributed by atoms with Gasteiger partial charge in [-0.2, -0.15) is 4.57 Å². The van der Waals surface area contributed by atoms with Crippen molar-refractivity contribution in [2.45, 2.75) is 215 Å². The Labute approximate surface area is 801 Å². The van der Waals surface area contributed by atoms with E-state index in [1.165, 1.54) is 83.0 Å². The molecule has 14 rings (SSSR count). The number of aliphatic hydroxyl groups excluding tert-OH is 1. The Hall–Kier alpha value is -7.53. The minimum Gasteiger partial charge on any atom is -0.481 e. The first-order valence-electron chi connectivity index (χ1n) is 43.7. The topological polar surface area (TPSA) is 190 Å². The Morgan fingerprint density at radius 1 is 0.624 bits per heavy atom. The molecule has 1 aliphatic carbocycles. The van der Waals surface area contributed by atoms with Gasteiger partial charge in [-0.15, -0.1) is 12.4 Å². The Balaban J connectivity index is 0.000000218. The second-order valence-electron chi connectivity index (χ2n) is 34.7. The molecule has 0 radical (unpaired) electrons. The van der Waals surface area contributed by atoms with Crippen LogP contribution in [0.4, 0.5) is 28.7 Å². The largest absolute Gasteiger partial charge is 0.481 e. The van der Waals surface area contributed by atoms with E-state index in [4.69, 9.17) is 58.5 Å². The molecule has 0 atom stereocenters. The summed E-state index contributed by atoms with van der Waals surface area (Å²) in [5.74, 6) is 0.605. The van der Waals surface area contributed by atoms with E-state index in [1.54, 1.807) is 6.92 Å². The lowest BCUT2D eigenvalue weighted by molar-refractivity contribution is -0.701. The van der Waals surface area contributed by atoms with Crippen molar-refractivity contribution in [1.82, 2.24) is 9.80 Å². The van der Waals surface area contributed by atoms with Crippen molar-refractivity contribution in [2.24, 2.45) is 30.4 Å². The van der Waals surface area contributed by atoms with Gasteiger partial charge in [0.25, 0.3) is 0 Å². The van der Waals surface area contributed by atoms with Crippen LogP contribution in [-0.2, 0) is 45.5 Å². The van der Waals surface area contributed by atoms with E-state index in [1.807, 2.05) is 73.1 Å². The van der Waals surface area contributed by atoms with Gasteiger partial charge in [0.1, 0.15) is 11.6 Å².